The Bertz CT molecular complexity index is 363. The quantitative estimate of drug-likeness (QED) is 0.568. The first kappa shape index (κ1) is 16.6. The summed E-state index contributed by atoms with van der Waals surface area (Å²) in [5, 5.41) is 0. The highest BCUT2D eigenvalue weighted by molar-refractivity contribution is 9.10. The molecule has 0 spiro atoms. The minimum Gasteiger partial charge on any atom is -0.304 e. The fourth-order valence-electron chi connectivity index (χ4n) is 2.14. The maximum Gasteiger partial charge on any atom is 0.124 e. The molecule has 1 aromatic carbocycles. The molecule has 0 aromatic heterocycles. The first-order valence-corrected chi connectivity index (χ1v) is 7.51. The molecule has 5 heteroatoms. The van der Waals surface area contributed by atoms with Crippen molar-refractivity contribution in [1.29, 1.82) is 0 Å². The lowest BCUT2D eigenvalue weighted by atomic mass is 10.0. The number of hydrogen-bond donors (Lipinski definition) is 2. The predicted octanol–water partition coefficient (Wildman–Crippen LogP) is 2.69. The number of rotatable bonds is 8. The van der Waals surface area contributed by atoms with Crippen LogP contribution in [0.1, 0.15) is 25.8 Å². The highest BCUT2D eigenvalue weighted by Gasteiger charge is 2.11. The number of nitrogens with zero attached hydrogens (tertiary/aromatic N) is 1. The minimum atomic E-state index is -0.219. The summed E-state index contributed by atoms with van der Waals surface area (Å²) in [6.07, 6.45) is 1.68. The lowest BCUT2D eigenvalue weighted by Gasteiger charge is -2.22. The van der Waals surface area contributed by atoms with Crippen LogP contribution in [0.2, 0.25) is 0 Å². The number of hydrazine groups is 1. The summed E-state index contributed by atoms with van der Waals surface area (Å²) in [6, 6.07) is 5.12. The molecule has 0 fully saturated rings. The van der Waals surface area contributed by atoms with E-state index in [4.69, 9.17) is 5.84 Å². The van der Waals surface area contributed by atoms with Gasteiger partial charge in [-0.3, -0.25) is 11.3 Å². The third-order valence-corrected chi connectivity index (χ3v) is 3.79. The van der Waals surface area contributed by atoms with Gasteiger partial charge in [0, 0.05) is 10.5 Å². The van der Waals surface area contributed by atoms with Crippen LogP contribution in [-0.2, 0) is 6.42 Å². The van der Waals surface area contributed by atoms with Gasteiger partial charge in [0.1, 0.15) is 5.82 Å². The van der Waals surface area contributed by atoms with Crippen LogP contribution in [0.4, 0.5) is 4.39 Å². The summed E-state index contributed by atoms with van der Waals surface area (Å²) in [6.45, 7) is 7.38. The third-order valence-electron chi connectivity index (χ3n) is 3.33. The SMILES string of the molecule is CCN(CC)CCC(Cc1cc(F)cc(Br)c1)NN. The molecule has 1 unspecified atom stereocenters. The van der Waals surface area contributed by atoms with Gasteiger partial charge in [-0.15, -0.1) is 0 Å². The Hall–Kier alpha value is -0.490. The van der Waals surface area contributed by atoms with E-state index in [0.717, 1.165) is 42.5 Å². The van der Waals surface area contributed by atoms with E-state index in [9.17, 15) is 4.39 Å². The van der Waals surface area contributed by atoms with Crippen LogP contribution >= 0.6 is 15.9 Å². The van der Waals surface area contributed by atoms with Gasteiger partial charge in [-0.2, -0.15) is 0 Å². The number of hydrogen-bond acceptors (Lipinski definition) is 3. The molecule has 1 rings (SSSR count). The van der Waals surface area contributed by atoms with Crippen molar-refractivity contribution in [2.75, 3.05) is 19.6 Å². The molecule has 0 aliphatic carbocycles. The zero-order chi connectivity index (χ0) is 14.3. The van der Waals surface area contributed by atoms with E-state index in [0.29, 0.717) is 0 Å². The van der Waals surface area contributed by atoms with Crippen molar-refractivity contribution in [3.05, 3.63) is 34.1 Å². The zero-order valence-electron chi connectivity index (χ0n) is 11.6. The maximum absolute atomic E-state index is 13.3. The van der Waals surface area contributed by atoms with Gasteiger partial charge in [0.05, 0.1) is 0 Å². The van der Waals surface area contributed by atoms with Crippen LogP contribution in [0.15, 0.2) is 22.7 Å². The lowest BCUT2D eigenvalue weighted by Crippen LogP contribution is -2.39. The van der Waals surface area contributed by atoms with Gasteiger partial charge in [-0.1, -0.05) is 29.8 Å². The molecular weight excluding hydrogens is 309 g/mol. The first-order valence-electron chi connectivity index (χ1n) is 6.72. The van der Waals surface area contributed by atoms with E-state index < -0.39 is 0 Å². The molecule has 3 nitrogen and oxygen atoms in total. The molecule has 0 radical (unpaired) electrons. The van der Waals surface area contributed by atoms with Gasteiger partial charge in [0.15, 0.2) is 0 Å². The molecule has 0 heterocycles. The van der Waals surface area contributed by atoms with Gasteiger partial charge in [-0.05, 0) is 56.2 Å². The molecule has 0 aliphatic heterocycles. The van der Waals surface area contributed by atoms with Crippen molar-refractivity contribution < 1.29 is 4.39 Å². The van der Waals surface area contributed by atoms with E-state index >= 15 is 0 Å². The van der Waals surface area contributed by atoms with Crippen LogP contribution in [0.25, 0.3) is 0 Å². The molecule has 3 N–H and O–H groups in total. The van der Waals surface area contributed by atoms with Crippen molar-refractivity contribution in [2.45, 2.75) is 32.7 Å². The van der Waals surface area contributed by atoms with Gasteiger partial charge >= 0.3 is 0 Å². The summed E-state index contributed by atoms with van der Waals surface area (Å²) in [5.74, 6) is 5.37. The van der Waals surface area contributed by atoms with Crippen LogP contribution in [0.5, 0.6) is 0 Å². The second-order valence-electron chi connectivity index (χ2n) is 4.66. The van der Waals surface area contributed by atoms with Crippen LogP contribution < -0.4 is 11.3 Å². The summed E-state index contributed by atoms with van der Waals surface area (Å²) >= 11 is 3.31. The van der Waals surface area contributed by atoms with Gasteiger partial charge in [-0.25, -0.2) is 4.39 Å². The Morgan fingerprint density at radius 3 is 2.53 bits per heavy atom. The van der Waals surface area contributed by atoms with Gasteiger partial charge in [0.25, 0.3) is 0 Å². The summed E-state index contributed by atoms with van der Waals surface area (Å²) in [7, 11) is 0. The average Bonchev–Trinajstić information content (AvgIpc) is 2.37. The Labute approximate surface area is 123 Å². The number of benzene rings is 1. The fraction of sp³-hybridized carbons (Fsp3) is 0.571. The smallest absolute Gasteiger partial charge is 0.124 e. The van der Waals surface area contributed by atoms with Crippen molar-refractivity contribution in [1.82, 2.24) is 10.3 Å². The van der Waals surface area contributed by atoms with Crippen LogP contribution in [0.3, 0.4) is 0 Å². The second-order valence-corrected chi connectivity index (χ2v) is 5.58. The number of nitrogens with two attached hydrogens (primary N) is 1. The Morgan fingerprint density at radius 2 is 2.00 bits per heavy atom. The molecule has 0 saturated carbocycles. The highest BCUT2D eigenvalue weighted by atomic mass is 79.9. The lowest BCUT2D eigenvalue weighted by molar-refractivity contribution is 0.280. The third kappa shape index (κ3) is 5.99. The zero-order valence-corrected chi connectivity index (χ0v) is 13.2. The molecule has 0 amide bonds. The molecular formula is C14H23BrFN3. The normalized spacial score (nSPS) is 12.9. The highest BCUT2D eigenvalue weighted by Crippen LogP contribution is 2.16. The Morgan fingerprint density at radius 1 is 1.32 bits per heavy atom. The van der Waals surface area contributed by atoms with Crippen molar-refractivity contribution in [2.24, 2.45) is 5.84 Å². The van der Waals surface area contributed by atoms with E-state index in [1.165, 1.54) is 6.07 Å². The minimum absolute atomic E-state index is 0.161. The summed E-state index contributed by atoms with van der Waals surface area (Å²) < 4.78 is 14.1. The predicted molar refractivity (Wildman–Crippen MR) is 81.3 cm³/mol. The molecule has 0 bridgehead atoms. The van der Waals surface area contributed by atoms with E-state index in [1.54, 1.807) is 6.07 Å². The van der Waals surface area contributed by atoms with E-state index in [-0.39, 0.29) is 11.9 Å². The maximum atomic E-state index is 13.3. The second kappa shape index (κ2) is 8.64. The largest absolute Gasteiger partial charge is 0.304 e. The average molecular weight is 332 g/mol. The van der Waals surface area contributed by atoms with Gasteiger partial charge in [0.2, 0.25) is 0 Å². The number of nitrogens with one attached hydrogen (secondary N) is 1. The summed E-state index contributed by atoms with van der Waals surface area (Å²) in [4.78, 5) is 2.35. The fourth-order valence-corrected chi connectivity index (χ4v) is 2.65. The molecule has 1 aromatic rings. The standard InChI is InChI=1S/C14H23BrFN3/c1-3-19(4-2)6-5-14(18-17)9-11-7-12(15)10-13(16)8-11/h7-8,10,14,18H,3-6,9,17H2,1-2H3. The molecule has 0 aliphatic rings. The summed E-state index contributed by atoms with van der Waals surface area (Å²) in [5.41, 5.74) is 3.78. The number of halogens is 2. The van der Waals surface area contributed by atoms with E-state index in [2.05, 4.69) is 40.1 Å². The topological polar surface area (TPSA) is 41.3 Å². The van der Waals surface area contributed by atoms with Gasteiger partial charge < -0.3 is 4.90 Å². The van der Waals surface area contributed by atoms with Crippen molar-refractivity contribution >= 4 is 15.9 Å². The van der Waals surface area contributed by atoms with Crippen LogP contribution in [-0.4, -0.2) is 30.6 Å². The Kier molecular flexibility index (Phi) is 7.53. The molecule has 0 saturated heterocycles. The van der Waals surface area contributed by atoms with Crippen molar-refractivity contribution in [3.63, 3.8) is 0 Å². The van der Waals surface area contributed by atoms with Crippen LogP contribution in [0, 0.1) is 5.82 Å². The van der Waals surface area contributed by atoms with E-state index in [1.807, 2.05) is 6.07 Å². The Balaban J connectivity index is 2.56. The van der Waals surface area contributed by atoms with Crippen molar-refractivity contribution in [3.8, 4) is 0 Å². The molecule has 108 valence electrons. The first-order chi connectivity index (χ1) is 9.08. The molecule has 19 heavy (non-hydrogen) atoms. The monoisotopic (exact) mass is 331 g/mol. The molecule has 1 atom stereocenters.